The van der Waals surface area contributed by atoms with Crippen molar-refractivity contribution in [2.75, 3.05) is 21.3 Å². The first-order valence-electron chi connectivity index (χ1n) is 9.65. The van der Waals surface area contributed by atoms with Crippen molar-refractivity contribution in [3.05, 3.63) is 89.0 Å². The van der Waals surface area contributed by atoms with Crippen molar-refractivity contribution in [1.82, 2.24) is 0 Å². The number of esters is 1. The van der Waals surface area contributed by atoms with E-state index in [1.807, 2.05) is 25.1 Å². The van der Waals surface area contributed by atoms with Crippen LogP contribution >= 0.6 is 0 Å². The third-order valence-electron chi connectivity index (χ3n) is 4.80. The monoisotopic (exact) mass is 420 g/mol. The van der Waals surface area contributed by atoms with E-state index in [9.17, 15) is 9.59 Å². The molecule has 0 unspecified atom stereocenters. The molecule has 6 heteroatoms. The fourth-order valence-electron chi connectivity index (χ4n) is 3.14. The first kappa shape index (κ1) is 21.9. The van der Waals surface area contributed by atoms with E-state index in [1.54, 1.807) is 36.4 Å². The van der Waals surface area contributed by atoms with Gasteiger partial charge >= 0.3 is 5.97 Å². The highest BCUT2D eigenvalue weighted by molar-refractivity contribution is 6.02. The van der Waals surface area contributed by atoms with E-state index < -0.39 is 12.1 Å². The van der Waals surface area contributed by atoms with E-state index >= 15 is 0 Å². The largest absolute Gasteiger partial charge is 0.493 e. The van der Waals surface area contributed by atoms with Crippen LogP contribution in [0.15, 0.2) is 66.7 Å². The Labute approximate surface area is 181 Å². The maximum atomic E-state index is 13.2. The minimum Gasteiger partial charge on any atom is -0.493 e. The van der Waals surface area contributed by atoms with Gasteiger partial charge in [-0.05, 0) is 19.1 Å². The number of aryl methyl sites for hydroxylation is 1. The summed E-state index contributed by atoms with van der Waals surface area (Å²) in [6, 6.07) is 19.0. The Balaban J connectivity index is 1.97. The number of Topliss-reactive ketones (excluding diaryl/α,β-unsaturated/α-hetero) is 1. The van der Waals surface area contributed by atoms with Gasteiger partial charge in [0.25, 0.3) is 0 Å². The topological polar surface area (TPSA) is 71.1 Å². The van der Waals surface area contributed by atoms with Crippen molar-refractivity contribution in [1.29, 1.82) is 0 Å². The summed E-state index contributed by atoms with van der Waals surface area (Å²) < 4.78 is 21.6. The van der Waals surface area contributed by atoms with Crippen molar-refractivity contribution in [2.45, 2.75) is 13.0 Å². The third kappa shape index (κ3) is 4.86. The Kier molecular flexibility index (Phi) is 6.92. The number of methoxy groups -OCH3 is 3. The molecule has 0 aliphatic heterocycles. The molecule has 3 aromatic carbocycles. The van der Waals surface area contributed by atoms with Crippen LogP contribution in [0.2, 0.25) is 0 Å². The normalized spacial score (nSPS) is 11.4. The fraction of sp³-hybridized carbons (Fsp3) is 0.200. The van der Waals surface area contributed by atoms with Gasteiger partial charge in [-0.1, -0.05) is 60.2 Å². The zero-order chi connectivity index (χ0) is 22.4. The molecule has 0 amide bonds. The van der Waals surface area contributed by atoms with Gasteiger partial charge in [-0.3, -0.25) is 4.79 Å². The number of carbonyl (C=O) groups excluding carboxylic acids is 2. The SMILES string of the molecule is COc1cc(C(=O)O[C@@H](C(=O)c2ccc(C)cc2)c2ccccc2)cc(OC)c1OC. The van der Waals surface area contributed by atoms with Gasteiger partial charge in [0.05, 0.1) is 26.9 Å². The molecule has 31 heavy (non-hydrogen) atoms. The number of carbonyl (C=O) groups is 2. The summed E-state index contributed by atoms with van der Waals surface area (Å²) in [7, 11) is 4.39. The van der Waals surface area contributed by atoms with Crippen LogP contribution in [0.4, 0.5) is 0 Å². The molecule has 1 atom stereocenters. The summed E-state index contributed by atoms with van der Waals surface area (Å²) in [5, 5.41) is 0. The second kappa shape index (κ2) is 9.80. The second-order valence-corrected chi connectivity index (χ2v) is 6.84. The van der Waals surface area contributed by atoms with Gasteiger partial charge in [0, 0.05) is 11.1 Å². The average Bonchev–Trinajstić information content (AvgIpc) is 2.81. The van der Waals surface area contributed by atoms with Gasteiger partial charge in [0.15, 0.2) is 17.6 Å². The molecule has 0 N–H and O–H groups in total. The first-order valence-corrected chi connectivity index (χ1v) is 9.65. The molecular formula is C25H24O6. The van der Waals surface area contributed by atoms with Gasteiger partial charge in [0.1, 0.15) is 0 Å². The number of ether oxygens (including phenoxy) is 4. The molecule has 0 radical (unpaired) electrons. The van der Waals surface area contributed by atoms with Gasteiger partial charge in [-0.2, -0.15) is 0 Å². The van der Waals surface area contributed by atoms with Crippen molar-refractivity contribution >= 4 is 11.8 Å². The summed E-state index contributed by atoms with van der Waals surface area (Å²) in [4.78, 5) is 26.3. The summed E-state index contributed by atoms with van der Waals surface area (Å²) in [5.41, 5.74) is 2.24. The van der Waals surface area contributed by atoms with Crippen molar-refractivity contribution < 1.29 is 28.5 Å². The lowest BCUT2D eigenvalue weighted by molar-refractivity contribution is 0.0279. The number of hydrogen-bond acceptors (Lipinski definition) is 6. The van der Waals surface area contributed by atoms with Gasteiger partial charge < -0.3 is 18.9 Å². The molecule has 0 aliphatic carbocycles. The molecule has 0 saturated carbocycles. The lowest BCUT2D eigenvalue weighted by Gasteiger charge is -2.19. The summed E-state index contributed by atoms with van der Waals surface area (Å²) >= 11 is 0. The van der Waals surface area contributed by atoms with Crippen LogP contribution in [0, 0.1) is 6.92 Å². The highest BCUT2D eigenvalue weighted by atomic mass is 16.5. The Hall–Kier alpha value is -3.80. The fourth-order valence-corrected chi connectivity index (χ4v) is 3.14. The number of benzene rings is 3. The lowest BCUT2D eigenvalue weighted by atomic mass is 9.99. The van der Waals surface area contributed by atoms with Crippen LogP contribution in [0.1, 0.15) is 37.9 Å². The molecule has 0 spiro atoms. The standard InChI is InChI=1S/C25H24O6/c1-16-10-12-17(13-11-16)22(26)23(18-8-6-5-7-9-18)31-25(27)19-14-20(28-2)24(30-4)21(15-19)29-3/h5-15,23H,1-4H3/t23-/m1/s1. The molecule has 0 aromatic heterocycles. The zero-order valence-corrected chi connectivity index (χ0v) is 17.9. The molecule has 0 fully saturated rings. The van der Waals surface area contributed by atoms with E-state index in [2.05, 4.69) is 0 Å². The van der Waals surface area contributed by atoms with E-state index in [0.717, 1.165) is 5.56 Å². The van der Waals surface area contributed by atoms with Crippen LogP contribution in [0.3, 0.4) is 0 Å². The molecule has 0 bridgehead atoms. The minimum absolute atomic E-state index is 0.173. The Bertz CT molecular complexity index is 1030. The van der Waals surface area contributed by atoms with Gasteiger partial charge in [-0.25, -0.2) is 4.79 Å². The minimum atomic E-state index is -1.10. The molecule has 0 heterocycles. The Morgan fingerprint density at radius 3 is 1.84 bits per heavy atom. The molecule has 0 saturated heterocycles. The van der Waals surface area contributed by atoms with E-state index in [0.29, 0.717) is 28.4 Å². The molecule has 0 aliphatic rings. The Morgan fingerprint density at radius 1 is 0.742 bits per heavy atom. The van der Waals surface area contributed by atoms with E-state index in [-0.39, 0.29) is 11.3 Å². The molecular weight excluding hydrogens is 396 g/mol. The van der Waals surface area contributed by atoms with Gasteiger partial charge in [0.2, 0.25) is 11.5 Å². The second-order valence-electron chi connectivity index (χ2n) is 6.84. The summed E-state index contributed by atoms with van der Waals surface area (Å²) in [5.74, 6) is -0.0118. The predicted octanol–water partition coefficient (Wildman–Crippen LogP) is 4.80. The van der Waals surface area contributed by atoms with Crippen molar-refractivity contribution in [3.63, 3.8) is 0 Å². The molecule has 160 valence electrons. The van der Waals surface area contributed by atoms with Crippen LogP contribution in [-0.4, -0.2) is 33.1 Å². The lowest BCUT2D eigenvalue weighted by Crippen LogP contribution is -2.20. The van der Waals surface area contributed by atoms with E-state index in [1.165, 1.54) is 33.5 Å². The predicted molar refractivity (Wildman–Crippen MR) is 116 cm³/mol. The van der Waals surface area contributed by atoms with Crippen LogP contribution in [0.25, 0.3) is 0 Å². The van der Waals surface area contributed by atoms with Crippen LogP contribution in [0.5, 0.6) is 17.2 Å². The average molecular weight is 420 g/mol. The first-order chi connectivity index (χ1) is 15.0. The quantitative estimate of drug-likeness (QED) is 0.385. The number of ketones is 1. The Morgan fingerprint density at radius 2 is 1.32 bits per heavy atom. The summed E-state index contributed by atoms with van der Waals surface area (Å²) in [6.45, 7) is 1.94. The van der Waals surface area contributed by atoms with Crippen molar-refractivity contribution in [3.8, 4) is 17.2 Å². The molecule has 3 rings (SSSR count). The van der Waals surface area contributed by atoms with Crippen LogP contribution < -0.4 is 14.2 Å². The maximum absolute atomic E-state index is 13.2. The molecule has 3 aromatic rings. The highest BCUT2D eigenvalue weighted by Crippen LogP contribution is 2.38. The third-order valence-corrected chi connectivity index (χ3v) is 4.80. The number of hydrogen-bond donors (Lipinski definition) is 0. The molecule has 6 nitrogen and oxygen atoms in total. The van der Waals surface area contributed by atoms with Gasteiger partial charge in [-0.15, -0.1) is 0 Å². The van der Waals surface area contributed by atoms with Crippen molar-refractivity contribution in [2.24, 2.45) is 0 Å². The van der Waals surface area contributed by atoms with E-state index in [4.69, 9.17) is 18.9 Å². The highest BCUT2D eigenvalue weighted by Gasteiger charge is 2.28. The maximum Gasteiger partial charge on any atom is 0.339 e. The zero-order valence-electron chi connectivity index (χ0n) is 17.9. The summed E-state index contributed by atoms with van der Waals surface area (Å²) in [6.07, 6.45) is -1.10. The number of rotatable bonds is 8. The smallest absolute Gasteiger partial charge is 0.339 e. The van der Waals surface area contributed by atoms with Crippen LogP contribution in [-0.2, 0) is 4.74 Å².